The topological polar surface area (TPSA) is 70.8 Å². The number of fused-ring (bicyclic) bond motifs is 1. The van der Waals surface area contributed by atoms with E-state index < -0.39 is 0 Å². The molecular formula is C24H41N5. The fraction of sp³-hybridized carbons (Fsp3) is 0.750. The fourth-order valence-corrected chi connectivity index (χ4v) is 5.13. The van der Waals surface area contributed by atoms with E-state index in [1.165, 1.54) is 83.5 Å². The third kappa shape index (κ3) is 6.43. The highest BCUT2D eigenvalue weighted by Gasteiger charge is 2.22. The van der Waals surface area contributed by atoms with E-state index in [-0.39, 0.29) is 0 Å². The second-order valence-electron chi connectivity index (χ2n) is 8.80. The first-order valence-electron chi connectivity index (χ1n) is 12.1. The van der Waals surface area contributed by atoms with Crippen LogP contribution in [0.4, 0.5) is 5.82 Å². The van der Waals surface area contributed by atoms with Crippen molar-refractivity contribution in [3.8, 4) is 0 Å². The third-order valence-electron chi connectivity index (χ3n) is 6.76. The van der Waals surface area contributed by atoms with Crippen molar-refractivity contribution in [1.29, 1.82) is 0 Å². The lowest BCUT2D eigenvalue weighted by Crippen LogP contribution is -2.35. The zero-order chi connectivity index (χ0) is 20.3. The molecule has 0 aromatic carbocycles. The van der Waals surface area contributed by atoms with Gasteiger partial charge in [-0.15, -0.1) is 0 Å². The number of aromatic amines is 1. The molecule has 0 aliphatic heterocycles. The number of nitrogens with two attached hydrogens (primary N) is 1. The van der Waals surface area contributed by atoms with Crippen LogP contribution in [0, 0.1) is 5.92 Å². The lowest BCUT2D eigenvalue weighted by atomic mass is 9.97. The highest BCUT2D eigenvalue weighted by atomic mass is 15.2. The molecule has 2 aliphatic rings. The van der Waals surface area contributed by atoms with E-state index in [1.807, 2.05) is 6.20 Å². The Balaban J connectivity index is 0.000000204. The molecule has 2 heterocycles. The van der Waals surface area contributed by atoms with Gasteiger partial charge in [0.2, 0.25) is 0 Å². The first-order chi connectivity index (χ1) is 14.3. The minimum Gasteiger partial charge on any atom is -0.353 e. The van der Waals surface area contributed by atoms with Gasteiger partial charge in [-0.2, -0.15) is 0 Å². The zero-order valence-corrected chi connectivity index (χ0v) is 18.4. The molecule has 2 aromatic heterocycles. The molecule has 0 amide bonds. The molecule has 5 heteroatoms. The van der Waals surface area contributed by atoms with Crippen molar-refractivity contribution in [2.75, 3.05) is 18.0 Å². The number of hydrogen-bond acceptors (Lipinski definition) is 4. The summed E-state index contributed by atoms with van der Waals surface area (Å²) in [6, 6.07) is 2.73. The first-order valence-corrected chi connectivity index (χ1v) is 12.1. The summed E-state index contributed by atoms with van der Waals surface area (Å²) in [5, 5.41) is 1.15. The molecule has 0 spiro atoms. The molecule has 3 N–H and O–H groups in total. The Kier molecular flexibility index (Phi) is 9.26. The Morgan fingerprint density at radius 2 is 1.62 bits per heavy atom. The van der Waals surface area contributed by atoms with Gasteiger partial charge in [0.15, 0.2) is 0 Å². The van der Waals surface area contributed by atoms with Gasteiger partial charge in [-0.3, -0.25) is 0 Å². The van der Waals surface area contributed by atoms with Crippen LogP contribution in [0.3, 0.4) is 0 Å². The van der Waals surface area contributed by atoms with E-state index in [4.69, 9.17) is 5.73 Å². The summed E-state index contributed by atoms with van der Waals surface area (Å²) < 4.78 is 0. The number of nitrogens with one attached hydrogen (secondary N) is 1. The van der Waals surface area contributed by atoms with E-state index >= 15 is 0 Å². The minimum absolute atomic E-state index is 0.639. The molecule has 29 heavy (non-hydrogen) atoms. The normalized spacial score (nSPS) is 19.2. The van der Waals surface area contributed by atoms with E-state index in [0.717, 1.165) is 35.9 Å². The van der Waals surface area contributed by atoms with Crippen LogP contribution in [0.5, 0.6) is 0 Å². The Bertz CT molecular complexity index is 681. The number of rotatable bonds is 5. The predicted octanol–water partition coefficient (Wildman–Crippen LogP) is 5.81. The maximum atomic E-state index is 5.51. The Morgan fingerprint density at radius 1 is 0.966 bits per heavy atom. The van der Waals surface area contributed by atoms with Gasteiger partial charge in [0, 0.05) is 18.8 Å². The second-order valence-corrected chi connectivity index (χ2v) is 8.80. The van der Waals surface area contributed by atoms with Crippen LogP contribution in [-0.4, -0.2) is 34.1 Å². The highest BCUT2D eigenvalue weighted by molar-refractivity contribution is 5.87. The third-order valence-corrected chi connectivity index (χ3v) is 6.76. The van der Waals surface area contributed by atoms with Crippen molar-refractivity contribution < 1.29 is 0 Å². The summed E-state index contributed by atoms with van der Waals surface area (Å²) >= 11 is 0. The average Bonchev–Trinajstić information content (AvgIpc) is 2.92. The molecule has 4 rings (SSSR count). The van der Waals surface area contributed by atoms with Crippen LogP contribution in [-0.2, 0) is 0 Å². The van der Waals surface area contributed by atoms with Crippen molar-refractivity contribution in [2.45, 2.75) is 96.4 Å². The van der Waals surface area contributed by atoms with Crippen molar-refractivity contribution in [1.82, 2.24) is 15.0 Å². The van der Waals surface area contributed by atoms with Crippen LogP contribution >= 0.6 is 0 Å². The predicted molar refractivity (Wildman–Crippen MR) is 123 cm³/mol. The monoisotopic (exact) mass is 399 g/mol. The lowest BCUT2D eigenvalue weighted by Gasteiger charge is -2.31. The summed E-state index contributed by atoms with van der Waals surface area (Å²) in [4.78, 5) is 14.5. The number of nitrogens with zero attached hydrogens (tertiary/aromatic N) is 3. The van der Waals surface area contributed by atoms with E-state index in [2.05, 4.69) is 32.8 Å². The molecule has 2 saturated carbocycles. The van der Waals surface area contributed by atoms with Gasteiger partial charge in [0.05, 0.1) is 5.39 Å². The maximum absolute atomic E-state index is 5.51. The van der Waals surface area contributed by atoms with Crippen LogP contribution in [0.1, 0.15) is 90.4 Å². The van der Waals surface area contributed by atoms with Crippen molar-refractivity contribution in [2.24, 2.45) is 11.7 Å². The molecular weight excluding hydrogens is 358 g/mol. The molecule has 0 saturated heterocycles. The zero-order valence-electron chi connectivity index (χ0n) is 18.4. The Morgan fingerprint density at radius 3 is 2.24 bits per heavy atom. The molecule has 162 valence electrons. The van der Waals surface area contributed by atoms with Crippen LogP contribution in [0.2, 0.25) is 0 Å². The smallest absolute Gasteiger partial charge is 0.142 e. The summed E-state index contributed by atoms with van der Waals surface area (Å²) in [5.41, 5.74) is 6.45. The van der Waals surface area contributed by atoms with E-state index in [0.29, 0.717) is 6.04 Å². The number of H-pyrrole nitrogens is 1. The lowest BCUT2D eigenvalue weighted by molar-refractivity contribution is 0.434. The standard InChI is InChI=1S/C15H22N4.C9H19N/c1-2-19(12-7-5-3-4-6-8-12)15-13-9-10-16-14(13)17-11-18-15;10-8-7-9-5-3-1-2-4-6-9/h9-12H,2-8H2,1H3,(H,16,17,18);9H,1-8,10H2. The minimum atomic E-state index is 0.639. The van der Waals surface area contributed by atoms with Crippen molar-refractivity contribution in [3.63, 3.8) is 0 Å². The number of anilines is 1. The van der Waals surface area contributed by atoms with Gasteiger partial charge >= 0.3 is 0 Å². The number of hydrogen-bond donors (Lipinski definition) is 2. The van der Waals surface area contributed by atoms with E-state index in [1.54, 1.807) is 6.33 Å². The largest absolute Gasteiger partial charge is 0.353 e. The summed E-state index contributed by atoms with van der Waals surface area (Å²) in [6.45, 7) is 4.14. The highest BCUT2D eigenvalue weighted by Crippen LogP contribution is 2.29. The Hall–Kier alpha value is -1.62. The van der Waals surface area contributed by atoms with Crippen LogP contribution in [0.15, 0.2) is 18.6 Å². The van der Waals surface area contributed by atoms with Gasteiger partial charge in [0.25, 0.3) is 0 Å². The molecule has 2 aliphatic carbocycles. The molecule has 0 bridgehead atoms. The van der Waals surface area contributed by atoms with Crippen LogP contribution in [0.25, 0.3) is 11.0 Å². The molecule has 2 fully saturated rings. The number of aromatic nitrogens is 3. The van der Waals surface area contributed by atoms with Gasteiger partial charge in [-0.05, 0) is 44.7 Å². The van der Waals surface area contributed by atoms with Gasteiger partial charge < -0.3 is 15.6 Å². The Labute approximate surface area is 176 Å². The molecule has 0 radical (unpaired) electrons. The second kappa shape index (κ2) is 12.2. The quantitative estimate of drug-likeness (QED) is 0.622. The van der Waals surface area contributed by atoms with Crippen LogP contribution < -0.4 is 10.6 Å². The first kappa shape index (κ1) is 22.1. The van der Waals surface area contributed by atoms with Gasteiger partial charge in [-0.1, -0.05) is 64.2 Å². The molecule has 5 nitrogen and oxygen atoms in total. The summed E-state index contributed by atoms with van der Waals surface area (Å²) in [5.74, 6) is 2.06. The van der Waals surface area contributed by atoms with Crippen molar-refractivity contribution in [3.05, 3.63) is 18.6 Å². The molecule has 0 atom stereocenters. The van der Waals surface area contributed by atoms with E-state index in [9.17, 15) is 0 Å². The molecule has 0 unspecified atom stereocenters. The fourth-order valence-electron chi connectivity index (χ4n) is 5.13. The van der Waals surface area contributed by atoms with Gasteiger partial charge in [0.1, 0.15) is 17.8 Å². The summed E-state index contributed by atoms with van der Waals surface area (Å²) in [7, 11) is 0. The average molecular weight is 400 g/mol. The SMILES string of the molecule is CCN(c1ncnc2[nH]ccc12)C1CCCCCC1.NCCC1CCCCCC1. The van der Waals surface area contributed by atoms with Gasteiger partial charge in [-0.25, -0.2) is 9.97 Å². The molecule has 2 aromatic rings. The maximum Gasteiger partial charge on any atom is 0.142 e. The van der Waals surface area contributed by atoms with Crippen molar-refractivity contribution >= 4 is 16.9 Å². The summed E-state index contributed by atoms with van der Waals surface area (Å²) in [6.07, 6.45) is 21.6.